The Balaban J connectivity index is 1.91. The lowest BCUT2D eigenvalue weighted by Crippen LogP contribution is -2.57. The summed E-state index contributed by atoms with van der Waals surface area (Å²) in [6, 6.07) is 6.76. The fourth-order valence-electron chi connectivity index (χ4n) is 2.53. The molecule has 1 aromatic rings. The summed E-state index contributed by atoms with van der Waals surface area (Å²) in [5, 5.41) is 0.687. The van der Waals surface area contributed by atoms with Crippen molar-refractivity contribution >= 4 is 26.0 Å². The third-order valence-electron chi connectivity index (χ3n) is 3.83. The normalized spacial score (nSPS) is 25.0. The molecule has 1 aliphatic rings. The number of aryl methyl sites for hydroxylation is 1. The van der Waals surface area contributed by atoms with Gasteiger partial charge < -0.3 is 9.47 Å². The molecule has 22 heavy (non-hydrogen) atoms. The van der Waals surface area contributed by atoms with Crippen LogP contribution >= 0.6 is 15.9 Å². The Labute approximate surface area is 140 Å². The molecule has 1 saturated carbocycles. The van der Waals surface area contributed by atoms with E-state index in [0.29, 0.717) is 36.3 Å². The van der Waals surface area contributed by atoms with E-state index in [1.54, 1.807) is 31.4 Å². The Morgan fingerprint density at radius 2 is 1.91 bits per heavy atom. The maximum Gasteiger partial charge on any atom is 0.240 e. The monoisotopic (exact) mass is 391 g/mol. The predicted molar refractivity (Wildman–Crippen MR) is 88.9 cm³/mol. The standard InChI is InChI=1S/C15H22BrNO4S/c1-12-3-5-14(6-4-12)22(18,19)17-13-9-15(10-13,11-16)21-8-7-20-2/h3-6,13,17H,7-11H2,1-2H3. The lowest BCUT2D eigenvalue weighted by atomic mass is 9.77. The average molecular weight is 392 g/mol. The minimum atomic E-state index is -3.47. The van der Waals surface area contributed by atoms with Crippen molar-refractivity contribution in [3.05, 3.63) is 29.8 Å². The molecule has 0 heterocycles. The highest BCUT2D eigenvalue weighted by Crippen LogP contribution is 2.38. The van der Waals surface area contributed by atoms with Crippen molar-refractivity contribution in [3.63, 3.8) is 0 Å². The lowest BCUT2D eigenvalue weighted by molar-refractivity contribution is -0.104. The third kappa shape index (κ3) is 4.29. The fourth-order valence-corrected chi connectivity index (χ4v) is 4.39. The van der Waals surface area contributed by atoms with Gasteiger partial charge in [0.15, 0.2) is 0 Å². The predicted octanol–water partition coefficient (Wildman–Crippen LogP) is 2.23. The summed E-state index contributed by atoms with van der Waals surface area (Å²) in [5.74, 6) is 0. The van der Waals surface area contributed by atoms with Gasteiger partial charge in [0.2, 0.25) is 10.0 Å². The fraction of sp³-hybridized carbons (Fsp3) is 0.600. The molecule has 0 aromatic heterocycles. The van der Waals surface area contributed by atoms with E-state index >= 15 is 0 Å². The average Bonchev–Trinajstić information content (AvgIpc) is 2.44. The van der Waals surface area contributed by atoms with E-state index < -0.39 is 10.0 Å². The number of nitrogens with one attached hydrogen (secondary N) is 1. The molecule has 0 atom stereocenters. The second-order valence-corrected chi connectivity index (χ2v) is 7.97. The van der Waals surface area contributed by atoms with Gasteiger partial charge in [-0.1, -0.05) is 33.6 Å². The van der Waals surface area contributed by atoms with Crippen LogP contribution < -0.4 is 4.72 Å². The van der Waals surface area contributed by atoms with Gasteiger partial charge in [0.05, 0.1) is 23.7 Å². The van der Waals surface area contributed by atoms with Crippen LogP contribution in [0.4, 0.5) is 0 Å². The van der Waals surface area contributed by atoms with Crippen LogP contribution in [0.3, 0.4) is 0 Å². The molecule has 1 N–H and O–H groups in total. The molecular weight excluding hydrogens is 370 g/mol. The van der Waals surface area contributed by atoms with Crippen LogP contribution in [0, 0.1) is 6.92 Å². The van der Waals surface area contributed by atoms with E-state index in [2.05, 4.69) is 20.7 Å². The molecule has 0 saturated heterocycles. The Kier molecular flexibility index (Phi) is 6.01. The van der Waals surface area contributed by atoms with Gasteiger partial charge in [-0.25, -0.2) is 13.1 Å². The summed E-state index contributed by atoms with van der Waals surface area (Å²) in [5.41, 5.74) is 0.742. The largest absolute Gasteiger partial charge is 0.382 e. The molecule has 7 heteroatoms. The van der Waals surface area contributed by atoms with Crippen LogP contribution in [-0.4, -0.2) is 45.7 Å². The van der Waals surface area contributed by atoms with E-state index in [1.807, 2.05) is 6.92 Å². The molecule has 1 aliphatic carbocycles. The van der Waals surface area contributed by atoms with Crippen LogP contribution in [0.2, 0.25) is 0 Å². The quantitative estimate of drug-likeness (QED) is 0.545. The first-order valence-electron chi connectivity index (χ1n) is 7.19. The summed E-state index contributed by atoms with van der Waals surface area (Å²) in [6.45, 7) is 2.98. The van der Waals surface area contributed by atoms with Gasteiger partial charge in [-0.05, 0) is 31.9 Å². The number of methoxy groups -OCH3 is 1. The number of alkyl halides is 1. The van der Waals surface area contributed by atoms with E-state index in [1.165, 1.54) is 0 Å². The zero-order valence-electron chi connectivity index (χ0n) is 12.8. The van der Waals surface area contributed by atoms with Crippen LogP contribution in [-0.2, 0) is 19.5 Å². The van der Waals surface area contributed by atoms with Crippen molar-refractivity contribution in [2.45, 2.75) is 36.3 Å². The molecular formula is C15H22BrNO4S. The van der Waals surface area contributed by atoms with Crippen LogP contribution in [0.15, 0.2) is 29.2 Å². The molecule has 0 amide bonds. The summed E-state index contributed by atoms with van der Waals surface area (Å²) in [4.78, 5) is 0.301. The van der Waals surface area contributed by atoms with Crippen LogP contribution in [0.25, 0.3) is 0 Å². The second-order valence-electron chi connectivity index (χ2n) is 5.70. The lowest BCUT2D eigenvalue weighted by Gasteiger charge is -2.46. The molecule has 0 spiro atoms. The van der Waals surface area contributed by atoms with Gasteiger partial charge in [0.1, 0.15) is 0 Å². The van der Waals surface area contributed by atoms with Gasteiger partial charge in [0, 0.05) is 18.5 Å². The minimum Gasteiger partial charge on any atom is -0.382 e. The summed E-state index contributed by atoms with van der Waals surface area (Å²) in [6.07, 6.45) is 1.32. The highest BCUT2D eigenvalue weighted by Gasteiger charge is 2.46. The van der Waals surface area contributed by atoms with E-state index in [-0.39, 0.29) is 11.6 Å². The number of sulfonamides is 1. The van der Waals surface area contributed by atoms with Crippen molar-refractivity contribution in [3.8, 4) is 0 Å². The van der Waals surface area contributed by atoms with E-state index in [4.69, 9.17) is 9.47 Å². The number of ether oxygens (including phenoxy) is 2. The highest BCUT2D eigenvalue weighted by molar-refractivity contribution is 9.09. The van der Waals surface area contributed by atoms with Gasteiger partial charge in [0.25, 0.3) is 0 Å². The Bertz CT molecular complexity index is 582. The molecule has 124 valence electrons. The van der Waals surface area contributed by atoms with Crippen LogP contribution in [0.1, 0.15) is 18.4 Å². The molecule has 0 bridgehead atoms. The summed E-state index contributed by atoms with van der Waals surface area (Å²) in [7, 11) is -1.84. The van der Waals surface area contributed by atoms with Crippen LogP contribution in [0.5, 0.6) is 0 Å². The Morgan fingerprint density at radius 3 is 2.45 bits per heavy atom. The van der Waals surface area contributed by atoms with E-state index in [9.17, 15) is 8.42 Å². The number of hydrogen-bond donors (Lipinski definition) is 1. The first-order valence-corrected chi connectivity index (χ1v) is 9.79. The molecule has 2 rings (SSSR count). The zero-order valence-corrected chi connectivity index (χ0v) is 15.2. The number of halogens is 1. The Hall–Kier alpha value is -0.470. The highest BCUT2D eigenvalue weighted by atomic mass is 79.9. The maximum absolute atomic E-state index is 12.3. The minimum absolute atomic E-state index is 0.0913. The molecule has 1 fully saturated rings. The Morgan fingerprint density at radius 1 is 1.27 bits per heavy atom. The topological polar surface area (TPSA) is 64.6 Å². The molecule has 1 aromatic carbocycles. The molecule has 0 unspecified atom stereocenters. The summed E-state index contributed by atoms with van der Waals surface area (Å²) < 4.78 is 38.2. The van der Waals surface area contributed by atoms with Crippen molar-refractivity contribution in [1.29, 1.82) is 0 Å². The van der Waals surface area contributed by atoms with Gasteiger partial charge in [-0.15, -0.1) is 0 Å². The number of benzene rings is 1. The third-order valence-corrected chi connectivity index (χ3v) is 6.39. The van der Waals surface area contributed by atoms with Crippen molar-refractivity contribution in [2.75, 3.05) is 25.7 Å². The number of rotatable bonds is 8. The van der Waals surface area contributed by atoms with Gasteiger partial charge in [-0.2, -0.15) is 0 Å². The molecule has 0 aliphatic heterocycles. The van der Waals surface area contributed by atoms with E-state index in [0.717, 1.165) is 5.56 Å². The number of hydrogen-bond acceptors (Lipinski definition) is 4. The van der Waals surface area contributed by atoms with Gasteiger partial charge >= 0.3 is 0 Å². The van der Waals surface area contributed by atoms with Gasteiger partial charge in [-0.3, -0.25) is 0 Å². The van der Waals surface area contributed by atoms with Crippen molar-refractivity contribution in [1.82, 2.24) is 4.72 Å². The summed E-state index contributed by atoms with van der Waals surface area (Å²) >= 11 is 3.45. The zero-order chi connectivity index (χ0) is 16.2. The first kappa shape index (κ1) is 17.9. The first-order chi connectivity index (χ1) is 10.4. The SMILES string of the molecule is COCCOC1(CBr)CC(NS(=O)(=O)c2ccc(C)cc2)C1. The second kappa shape index (κ2) is 7.40. The van der Waals surface area contributed by atoms with Crippen molar-refractivity contribution < 1.29 is 17.9 Å². The molecule has 5 nitrogen and oxygen atoms in total. The maximum atomic E-state index is 12.3. The van der Waals surface area contributed by atoms with Crippen molar-refractivity contribution in [2.24, 2.45) is 0 Å². The molecule has 0 radical (unpaired) electrons. The smallest absolute Gasteiger partial charge is 0.240 e.